The highest BCUT2D eigenvalue weighted by molar-refractivity contribution is 7.10. The number of carbonyl (C=O) groups is 2. The van der Waals surface area contributed by atoms with Gasteiger partial charge in [-0.1, -0.05) is 54.6 Å². The van der Waals surface area contributed by atoms with Crippen LogP contribution in [0.5, 0.6) is 0 Å². The van der Waals surface area contributed by atoms with E-state index in [-0.39, 0.29) is 12.3 Å². The van der Waals surface area contributed by atoms with Crippen molar-refractivity contribution in [2.45, 2.75) is 19.0 Å². The first-order valence-electron chi connectivity index (χ1n) is 10.5. The summed E-state index contributed by atoms with van der Waals surface area (Å²) in [7, 11) is 1.76. The lowest BCUT2D eigenvalue weighted by Gasteiger charge is -2.21. The Bertz CT molecular complexity index is 1210. The number of nitrogens with two attached hydrogens (primary N) is 1. The zero-order valence-corrected chi connectivity index (χ0v) is 19.0. The number of urea groups is 1. The van der Waals surface area contributed by atoms with Crippen LogP contribution in [0.2, 0.25) is 0 Å². The van der Waals surface area contributed by atoms with Crippen LogP contribution in [0, 0.1) is 0 Å². The number of nitrogens with zero attached hydrogens (tertiary/aromatic N) is 3. The Labute approximate surface area is 196 Å². The monoisotopic (exact) mass is 459 g/mol. The van der Waals surface area contributed by atoms with Crippen molar-refractivity contribution in [2.75, 3.05) is 7.05 Å². The zero-order chi connectivity index (χ0) is 23.2. The fraction of sp³-hybridized carbons (Fsp3) is 0.160. The first-order chi connectivity index (χ1) is 16.0. The van der Waals surface area contributed by atoms with Crippen LogP contribution >= 0.6 is 11.3 Å². The van der Waals surface area contributed by atoms with E-state index in [0.29, 0.717) is 6.54 Å². The zero-order valence-electron chi connectivity index (χ0n) is 18.2. The van der Waals surface area contributed by atoms with Gasteiger partial charge in [-0.05, 0) is 23.6 Å². The Morgan fingerprint density at radius 2 is 1.76 bits per heavy atom. The van der Waals surface area contributed by atoms with Crippen LogP contribution < -0.4 is 11.1 Å². The second-order valence-corrected chi connectivity index (χ2v) is 8.66. The van der Waals surface area contributed by atoms with Gasteiger partial charge in [0, 0.05) is 35.8 Å². The number of thiophene rings is 1. The molecule has 2 heterocycles. The summed E-state index contributed by atoms with van der Waals surface area (Å²) in [6.45, 7) is 0.379. The molecule has 0 fully saturated rings. The van der Waals surface area contributed by atoms with Crippen molar-refractivity contribution in [3.05, 3.63) is 94.8 Å². The van der Waals surface area contributed by atoms with Crippen LogP contribution in [0.25, 0.3) is 16.9 Å². The Balaban J connectivity index is 1.57. The standard InChI is InChI=1S/C25H25N5O2S/c1-29(23(31)15-21(27-25(26)32)22-13-8-14-33-22)16-19-17-30(20-11-6-3-7-12-20)28-24(19)18-9-4-2-5-10-18/h2-14,17,21H,15-16H2,1H3,(H3,26,27,32). The van der Waals surface area contributed by atoms with Gasteiger partial charge >= 0.3 is 6.03 Å². The SMILES string of the molecule is CN(Cc1cn(-c2ccccc2)nc1-c1ccccc1)C(=O)CC(NC(N)=O)c1cccs1. The molecule has 0 saturated heterocycles. The summed E-state index contributed by atoms with van der Waals surface area (Å²) in [5.74, 6) is -0.103. The highest BCUT2D eigenvalue weighted by Gasteiger charge is 2.22. The fourth-order valence-electron chi connectivity index (χ4n) is 3.64. The number of hydrogen-bond donors (Lipinski definition) is 2. The Morgan fingerprint density at radius 3 is 2.39 bits per heavy atom. The maximum atomic E-state index is 13.1. The lowest BCUT2D eigenvalue weighted by molar-refractivity contribution is -0.130. The minimum absolute atomic E-state index is 0.103. The van der Waals surface area contributed by atoms with Crippen LogP contribution in [0.1, 0.15) is 22.9 Å². The fourth-order valence-corrected chi connectivity index (χ4v) is 4.41. The lowest BCUT2D eigenvalue weighted by atomic mass is 10.1. The van der Waals surface area contributed by atoms with Crippen LogP contribution in [-0.2, 0) is 11.3 Å². The summed E-state index contributed by atoms with van der Waals surface area (Å²) < 4.78 is 1.83. The van der Waals surface area contributed by atoms with E-state index in [0.717, 1.165) is 27.4 Å². The van der Waals surface area contributed by atoms with Gasteiger partial charge in [-0.2, -0.15) is 5.10 Å². The number of amides is 3. The van der Waals surface area contributed by atoms with E-state index in [2.05, 4.69) is 5.32 Å². The Morgan fingerprint density at radius 1 is 1.06 bits per heavy atom. The molecule has 0 aliphatic rings. The number of benzene rings is 2. The molecule has 8 heteroatoms. The highest BCUT2D eigenvalue weighted by Crippen LogP contribution is 2.26. The first kappa shape index (κ1) is 22.3. The van der Waals surface area contributed by atoms with E-state index in [1.807, 2.05) is 89.1 Å². The predicted molar refractivity (Wildman–Crippen MR) is 130 cm³/mol. The van der Waals surface area contributed by atoms with Gasteiger partial charge in [0.15, 0.2) is 0 Å². The van der Waals surface area contributed by atoms with E-state index < -0.39 is 12.1 Å². The third-order valence-corrected chi connectivity index (χ3v) is 6.26. The number of nitrogens with one attached hydrogen (secondary N) is 1. The number of aromatic nitrogens is 2. The quantitative estimate of drug-likeness (QED) is 0.410. The maximum absolute atomic E-state index is 13.1. The van der Waals surface area contributed by atoms with Crippen molar-refractivity contribution < 1.29 is 9.59 Å². The van der Waals surface area contributed by atoms with Gasteiger partial charge in [0.25, 0.3) is 0 Å². The smallest absolute Gasteiger partial charge is 0.312 e. The average molecular weight is 460 g/mol. The molecule has 0 radical (unpaired) electrons. The molecule has 0 aliphatic heterocycles. The third-order valence-electron chi connectivity index (χ3n) is 5.27. The topological polar surface area (TPSA) is 93.2 Å². The summed E-state index contributed by atoms with van der Waals surface area (Å²) in [5, 5.41) is 9.40. The number of hydrogen-bond acceptors (Lipinski definition) is 4. The second kappa shape index (κ2) is 10.1. The van der Waals surface area contributed by atoms with Crippen LogP contribution in [0.3, 0.4) is 0 Å². The number of rotatable bonds is 8. The molecular formula is C25H25N5O2S. The van der Waals surface area contributed by atoms with Gasteiger partial charge in [-0.3, -0.25) is 4.79 Å². The van der Waals surface area contributed by atoms with Crippen molar-refractivity contribution in [3.8, 4) is 16.9 Å². The molecule has 0 spiro atoms. The number of carbonyl (C=O) groups excluding carboxylic acids is 2. The van der Waals surface area contributed by atoms with E-state index in [4.69, 9.17) is 10.8 Å². The molecule has 0 aliphatic carbocycles. The number of primary amides is 1. The molecule has 4 rings (SSSR count). The van der Waals surface area contributed by atoms with Crippen LogP contribution in [0.15, 0.2) is 84.4 Å². The summed E-state index contributed by atoms with van der Waals surface area (Å²) >= 11 is 1.48. The van der Waals surface area contributed by atoms with E-state index in [9.17, 15) is 9.59 Å². The molecule has 2 aromatic carbocycles. The Kier molecular flexibility index (Phi) is 6.85. The minimum Gasteiger partial charge on any atom is -0.352 e. The maximum Gasteiger partial charge on any atom is 0.312 e. The highest BCUT2D eigenvalue weighted by atomic mass is 32.1. The van der Waals surface area contributed by atoms with Crippen LogP contribution in [-0.4, -0.2) is 33.7 Å². The van der Waals surface area contributed by atoms with Crippen molar-refractivity contribution in [1.82, 2.24) is 20.0 Å². The van der Waals surface area contributed by atoms with Gasteiger partial charge in [0.1, 0.15) is 0 Å². The van der Waals surface area contributed by atoms with Crippen molar-refractivity contribution in [3.63, 3.8) is 0 Å². The Hall–Kier alpha value is -3.91. The second-order valence-electron chi connectivity index (χ2n) is 7.68. The molecule has 0 bridgehead atoms. The predicted octanol–water partition coefficient (Wildman–Crippen LogP) is 4.36. The molecule has 33 heavy (non-hydrogen) atoms. The normalized spacial score (nSPS) is 11.7. The summed E-state index contributed by atoms with van der Waals surface area (Å²) in [6.07, 6.45) is 2.08. The van der Waals surface area contributed by atoms with Gasteiger partial charge < -0.3 is 16.0 Å². The first-order valence-corrected chi connectivity index (χ1v) is 11.4. The van der Waals surface area contributed by atoms with Gasteiger partial charge in [-0.25, -0.2) is 9.48 Å². The van der Waals surface area contributed by atoms with Gasteiger partial charge in [0.2, 0.25) is 5.91 Å². The number of para-hydroxylation sites is 1. The van der Waals surface area contributed by atoms with Crippen molar-refractivity contribution >= 4 is 23.3 Å². The van der Waals surface area contributed by atoms with Crippen molar-refractivity contribution in [1.29, 1.82) is 0 Å². The van der Waals surface area contributed by atoms with E-state index in [1.54, 1.807) is 11.9 Å². The van der Waals surface area contributed by atoms with Gasteiger partial charge in [0.05, 0.1) is 23.8 Å². The van der Waals surface area contributed by atoms with Gasteiger partial charge in [-0.15, -0.1) is 11.3 Å². The molecule has 1 atom stereocenters. The van der Waals surface area contributed by atoms with E-state index >= 15 is 0 Å². The molecule has 7 nitrogen and oxygen atoms in total. The summed E-state index contributed by atoms with van der Waals surface area (Å²) in [6, 6.07) is 22.4. The lowest BCUT2D eigenvalue weighted by Crippen LogP contribution is -2.36. The molecule has 3 amide bonds. The summed E-state index contributed by atoms with van der Waals surface area (Å²) in [5.41, 5.74) is 9.01. The summed E-state index contributed by atoms with van der Waals surface area (Å²) in [4.78, 5) is 27.1. The third kappa shape index (κ3) is 5.48. The molecule has 4 aromatic rings. The molecule has 3 N–H and O–H groups in total. The van der Waals surface area contributed by atoms with Crippen LogP contribution in [0.4, 0.5) is 4.79 Å². The molecule has 1 unspecified atom stereocenters. The van der Waals surface area contributed by atoms with Crippen molar-refractivity contribution in [2.24, 2.45) is 5.73 Å². The average Bonchev–Trinajstić information content (AvgIpc) is 3.50. The van der Waals surface area contributed by atoms with E-state index in [1.165, 1.54) is 11.3 Å². The molecular weight excluding hydrogens is 434 g/mol. The molecule has 2 aromatic heterocycles. The molecule has 168 valence electrons. The minimum atomic E-state index is -0.653. The largest absolute Gasteiger partial charge is 0.352 e. The molecule has 0 saturated carbocycles.